The lowest BCUT2D eigenvalue weighted by molar-refractivity contribution is -0.128. The van der Waals surface area contributed by atoms with Gasteiger partial charge in [0.15, 0.2) is 6.10 Å². The first-order valence-electron chi connectivity index (χ1n) is 6.79. The average Bonchev–Trinajstić information content (AvgIpc) is 2.38. The van der Waals surface area contributed by atoms with Crippen molar-refractivity contribution in [2.24, 2.45) is 0 Å². The van der Waals surface area contributed by atoms with Crippen LogP contribution < -0.4 is 10.1 Å². The van der Waals surface area contributed by atoms with Crippen LogP contribution in [0.1, 0.15) is 40.0 Å². The van der Waals surface area contributed by atoms with Gasteiger partial charge < -0.3 is 10.1 Å². The fourth-order valence-electron chi connectivity index (χ4n) is 1.84. The third-order valence-electron chi connectivity index (χ3n) is 2.87. The normalized spacial score (nSPS) is 13.7. The van der Waals surface area contributed by atoms with Crippen molar-refractivity contribution < 1.29 is 13.9 Å². The number of amides is 1. The summed E-state index contributed by atoms with van der Waals surface area (Å²) in [6.07, 6.45) is 2.00. The number of benzene rings is 1. The molecular formula is C15H22FNO2. The number of hydrogen-bond donors (Lipinski definition) is 1. The van der Waals surface area contributed by atoms with Crippen molar-refractivity contribution in [2.75, 3.05) is 0 Å². The topological polar surface area (TPSA) is 38.3 Å². The highest BCUT2D eigenvalue weighted by atomic mass is 19.1. The Morgan fingerprint density at radius 1 is 1.32 bits per heavy atom. The summed E-state index contributed by atoms with van der Waals surface area (Å²) in [6.45, 7) is 5.94. The fourth-order valence-corrected chi connectivity index (χ4v) is 1.84. The molecule has 106 valence electrons. The van der Waals surface area contributed by atoms with Crippen molar-refractivity contribution in [3.8, 4) is 5.75 Å². The zero-order valence-corrected chi connectivity index (χ0v) is 11.8. The number of hydrogen-bond acceptors (Lipinski definition) is 2. The van der Waals surface area contributed by atoms with Crippen molar-refractivity contribution >= 4 is 5.91 Å². The monoisotopic (exact) mass is 267 g/mol. The molecule has 0 aliphatic carbocycles. The molecule has 0 saturated heterocycles. The summed E-state index contributed by atoms with van der Waals surface area (Å²) in [5.74, 6) is 0.0701. The first-order chi connectivity index (χ1) is 9.06. The van der Waals surface area contributed by atoms with Crippen LogP contribution in [0, 0.1) is 5.82 Å². The molecule has 0 aliphatic rings. The Labute approximate surface area is 114 Å². The molecule has 0 unspecified atom stereocenters. The van der Waals surface area contributed by atoms with E-state index in [1.54, 1.807) is 0 Å². The molecule has 19 heavy (non-hydrogen) atoms. The summed E-state index contributed by atoms with van der Waals surface area (Å²) < 4.78 is 18.4. The van der Waals surface area contributed by atoms with Crippen LogP contribution in [-0.2, 0) is 4.79 Å². The second-order valence-electron chi connectivity index (χ2n) is 4.67. The van der Waals surface area contributed by atoms with E-state index in [1.165, 1.54) is 24.3 Å². The number of halogens is 1. The lowest BCUT2D eigenvalue weighted by atomic mass is 10.1. The van der Waals surface area contributed by atoms with Crippen molar-refractivity contribution in [1.29, 1.82) is 0 Å². The van der Waals surface area contributed by atoms with Gasteiger partial charge in [-0.1, -0.05) is 20.3 Å². The first-order valence-corrected chi connectivity index (χ1v) is 6.79. The molecule has 1 N–H and O–H groups in total. The van der Waals surface area contributed by atoms with Gasteiger partial charge in [0.1, 0.15) is 11.6 Å². The molecule has 0 fully saturated rings. The summed E-state index contributed by atoms with van der Waals surface area (Å²) in [6, 6.07) is 5.84. The van der Waals surface area contributed by atoms with Crippen LogP contribution in [0.15, 0.2) is 24.3 Å². The molecule has 1 rings (SSSR count). The van der Waals surface area contributed by atoms with E-state index in [4.69, 9.17) is 4.74 Å². The van der Waals surface area contributed by atoms with E-state index in [0.717, 1.165) is 12.8 Å². The summed E-state index contributed by atoms with van der Waals surface area (Å²) >= 11 is 0. The highest BCUT2D eigenvalue weighted by molar-refractivity contribution is 5.81. The number of nitrogens with one attached hydrogen (secondary N) is 1. The van der Waals surface area contributed by atoms with Gasteiger partial charge in [-0.3, -0.25) is 4.79 Å². The van der Waals surface area contributed by atoms with Gasteiger partial charge in [-0.15, -0.1) is 0 Å². The van der Waals surface area contributed by atoms with Crippen LogP contribution in [0.25, 0.3) is 0 Å². The maximum Gasteiger partial charge on any atom is 0.261 e. The minimum absolute atomic E-state index is 0.118. The highest BCUT2D eigenvalue weighted by Gasteiger charge is 2.19. The van der Waals surface area contributed by atoms with Crippen LogP contribution >= 0.6 is 0 Å². The zero-order valence-electron chi connectivity index (χ0n) is 11.8. The van der Waals surface area contributed by atoms with E-state index in [9.17, 15) is 9.18 Å². The van der Waals surface area contributed by atoms with Gasteiger partial charge in [0.2, 0.25) is 0 Å². The second kappa shape index (κ2) is 7.77. The molecule has 1 amide bonds. The number of carbonyl (C=O) groups excluding carboxylic acids is 1. The first kappa shape index (κ1) is 15.5. The highest BCUT2D eigenvalue weighted by Crippen LogP contribution is 2.14. The smallest absolute Gasteiger partial charge is 0.261 e. The van der Waals surface area contributed by atoms with Gasteiger partial charge in [0, 0.05) is 6.04 Å². The third-order valence-corrected chi connectivity index (χ3v) is 2.87. The molecule has 0 saturated carbocycles. The standard InChI is InChI=1S/C15H22FNO2/c1-4-6-11(3)17-15(18)14(5-2)19-13-9-7-12(16)8-10-13/h7-11,14H,4-6H2,1-3H3,(H,17,18)/t11-,14-/m0/s1. The van der Waals surface area contributed by atoms with Crippen LogP contribution in [0.4, 0.5) is 4.39 Å². The molecule has 1 aromatic carbocycles. The molecule has 0 spiro atoms. The maximum absolute atomic E-state index is 12.8. The molecule has 0 bridgehead atoms. The quantitative estimate of drug-likeness (QED) is 0.823. The summed E-state index contributed by atoms with van der Waals surface area (Å²) in [5, 5.41) is 2.93. The average molecular weight is 267 g/mol. The van der Waals surface area contributed by atoms with E-state index in [1.807, 2.05) is 13.8 Å². The van der Waals surface area contributed by atoms with Crippen molar-refractivity contribution in [3.05, 3.63) is 30.1 Å². The lowest BCUT2D eigenvalue weighted by Crippen LogP contribution is -2.42. The van der Waals surface area contributed by atoms with Gasteiger partial charge >= 0.3 is 0 Å². The van der Waals surface area contributed by atoms with Crippen LogP contribution in [-0.4, -0.2) is 18.1 Å². The SMILES string of the molecule is CCC[C@H](C)NC(=O)[C@H](CC)Oc1ccc(F)cc1. The Balaban J connectivity index is 2.57. The zero-order chi connectivity index (χ0) is 14.3. The minimum atomic E-state index is -0.537. The molecular weight excluding hydrogens is 245 g/mol. The molecule has 0 aliphatic heterocycles. The largest absolute Gasteiger partial charge is 0.481 e. The molecule has 0 radical (unpaired) electrons. The van der Waals surface area contributed by atoms with E-state index < -0.39 is 6.10 Å². The fraction of sp³-hybridized carbons (Fsp3) is 0.533. The second-order valence-corrected chi connectivity index (χ2v) is 4.67. The number of ether oxygens (including phenoxy) is 1. The molecule has 0 heterocycles. The van der Waals surface area contributed by atoms with Gasteiger partial charge in [-0.25, -0.2) is 4.39 Å². The maximum atomic E-state index is 12.8. The molecule has 3 nitrogen and oxygen atoms in total. The predicted octanol–water partition coefficient (Wildman–Crippen LogP) is 3.29. The summed E-state index contributed by atoms with van der Waals surface area (Å²) in [7, 11) is 0. The van der Waals surface area contributed by atoms with Gasteiger partial charge in [-0.2, -0.15) is 0 Å². The van der Waals surface area contributed by atoms with E-state index in [-0.39, 0.29) is 17.8 Å². The van der Waals surface area contributed by atoms with E-state index in [0.29, 0.717) is 12.2 Å². The van der Waals surface area contributed by atoms with E-state index in [2.05, 4.69) is 12.2 Å². The van der Waals surface area contributed by atoms with Gasteiger partial charge in [0.25, 0.3) is 5.91 Å². The summed E-state index contributed by atoms with van der Waals surface area (Å²) in [5.41, 5.74) is 0. The number of carbonyl (C=O) groups is 1. The van der Waals surface area contributed by atoms with E-state index >= 15 is 0 Å². The Hall–Kier alpha value is -1.58. The predicted molar refractivity (Wildman–Crippen MR) is 73.6 cm³/mol. The van der Waals surface area contributed by atoms with Crippen LogP contribution in [0.3, 0.4) is 0 Å². The lowest BCUT2D eigenvalue weighted by Gasteiger charge is -2.20. The van der Waals surface area contributed by atoms with Gasteiger partial charge in [-0.05, 0) is 44.0 Å². The molecule has 1 aromatic rings. The van der Waals surface area contributed by atoms with Crippen molar-refractivity contribution in [1.82, 2.24) is 5.32 Å². The Bertz CT molecular complexity index is 392. The minimum Gasteiger partial charge on any atom is -0.481 e. The van der Waals surface area contributed by atoms with Gasteiger partial charge in [0.05, 0.1) is 0 Å². The Kier molecular flexibility index (Phi) is 6.33. The third kappa shape index (κ3) is 5.28. The van der Waals surface area contributed by atoms with Crippen LogP contribution in [0.5, 0.6) is 5.75 Å². The molecule has 0 aromatic heterocycles. The van der Waals surface area contributed by atoms with Crippen molar-refractivity contribution in [3.63, 3.8) is 0 Å². The number of rotatable bonds is 7. The molecule has 4 heteroatoms. The van der Waals surface area contributed by atoms with Crippen LogP contribution in [0.2, 0.25) is 0 Å². The van der Waals surface area contributed by atoms with Crippen molar-refractivity contribution in [2.45, 2.75) is 52.2 Å². The Morgan fingerprint density at radius 3 is 2.47 bits per heavy atom. The molecule has 2 atom stereocenters. The Morgan fingerprint density at radius 2 is 1.95 bits per heavy atom. The summed E-state index contributed by atoms with van der Waals surface area (Å²) in [4.78, 5) is 12.0.